The lowest BCUT2D eigenvalue weighted by molar-refractivity contribution is -0.118. The van der Waals surface area contributed by atoms with Crippen LogP contribution in [0.5, 0.6) is 0 Å². The maximum Gasteiger partial charge on any atom is 0.224 e. The largest absolute Gasteiger partial charge is 0.281 e. The average molecular weight is 189 g/mol. The first-order valence-electron chi connectivity index (χ1n) is 4.93. The Hall–Kier alpha value is -0.0400. The van der Waals surface area contributed by atoms with Gasteiger partial charge in [0.1, 0.15) is 0 Å². The maximum absolute atomic E-state index is 10.7. The molecule has 0 aromatic heterocycles. The summed E-state index contributed by atoms with van der Waals surface area (Å²) in [7, 11) is 0. The topological polar surface area (TPSA) is 17.1 Å². The third-order valence-corrected chi connectivity index (χ3v) is 3.08. The van der Waals surface area contributed by atoms with Crippen molar-refractivity contribution in [3.8, 4) is 0 Å². The zero-order valence-electron chi connectivity index (χ0n) is 7.68. The summed E-state index contributed by atoms with van der Waals surface area (Å²) in [5, 5.41) is -0.123. The minimum atomic E-state index is -0.123. The molecular formula is C10H17ClO. The summed E-state index contributed by atoms with van der Waals surface area (Å²) in [6, 6.07) is 0. The van der Waals surface area contributed by atoms with Crippen molar-refractivity contribution in [2.75, 3.05) is 0 Å². The average Bonchev–Trinajstić information content (AvgIpc) is 1.93. The standard InChI is InChI=1S/C10H17ClO/c1-2-3-4-5-8-6-9(7-8)10(11)12/h8-9H,2-7H2,1H3. The van der Waals surface area contributed by atoms with Crippen molar-refractivity contribution in [2.24, 2.45) is 11.8 Å². The van der Waals surface area contributed by atoms with Crippen molar-refractivity contribution in [1.82, 2.24) is 0 Å². The van der Waals surface area contributed by atoms with Crippen molar-refractivity contribution >= 4 is 16.8 Å². The summed E-state index contributed by atoms with van der Waals surface area (Å²) in [4.78, 5) is 10.7. The van der Waals surface area contributed by atoms with Crippen molar-refractivity contribution in [3.05, 3.63) is 0 Å². The Morgan fingerprint density at radius 3 is 2.58 bits per heavy atom. The maximum atomic E-state index is 10.7. The Balaban J connectivity index is 1.98. The fourth-order valence-corrected chi connectivity index (χ4v) is 2.02. The Bertz CT molecular complexity index is 150. The fourth-order valence-electron chi connectivity index (χ4n) is 1.84. The van der Waals surface area contributed by atoms with Crippen LogP contribution in [0.15, 0.2) is 0 Å². The van der Waals surface area contributed by atoms with E-state index >= 15 is 0 Å². The molecule has 0 amide bonds. The number of unbranched alkanes of at least 4 members (excludes halogenated alkanes) is 2. The molecule has 0 bridgehead atoms. The number of carbonyl (C=O) groups is 1. The predicted octanol–water partition coefficient (Wildman–Crippen LogP) is 3.36. The van der Waals surface area contributed by atoms with Crippen LogP contribution in [-0.2, 0) is 4.79 Å². The molecule has 0 spiro atoms. The molecule has 1 nitrogen and oxygen atoms in total. The molecule has 1 rings (SSSR count). The van der Waals surface area contributed by atoms with E-state index in [1.54, 1.807) is 0 Å². The first kappa shape index (κ1) is 10.0. The van der Waals surface area contributed by atoms with Gasteiger partial charge in [0.25, 0.3) is 0 Å². The summed E-state index contributed by atoms with van der Waals surface area (Å²) >= 11 is 5.37. The number of halogens is 1. The van der Waals surface area contributed by atoms with E-state index in [2.05, 4.69) is 6.92 Å². The Morgan fingerprint density at radius 2 is 2.08 bits per heavy atom. The molecule has 1 saturated carbocycles. The summed E-state index contributed by atoms with van der Waals surface area (Å²) in [5.74, 6) is 0.988. The van der Waals surface area contributed by atoms with Crippen molar-refractivity contribution in [2.45, 2.75) is 45.4 Å². The van der Waals surface area contributed by atoms with Crippen LogP contribution < -0.4 is 0 Å². The Labute approximate surface area is 79.5 Å². The molecule has 0 aromatic rings. The van der Waals surface area contributed by atoms with Crippen molar-refractivity contribution in [1.29, 1.82) is 0 Å². The van der Waals surface area contributed by atoms with Gasteiger partial charge in [-0.1, -0.05) is 32.6 Å². The molecule has 0 radical (unpaired) electrons. The van der Waals surface area contributed by atoms with Crippen LogP contribution in [0.25, 0.3) is 0 Å². The molecule has 1 aliphatic carbocycles. The quantitative estimate of drug-likeness (QED) is 0.478. The Kier molecular flexibility index (Phi) is 4.07. The lowest BCUT2D eigenvalue weighted by atomic mass is 9.73. The molecule has 0 heterocycles. The fraction of sp³-hybridized carbons (Fsp3) is 0.900. The van der Waals surface area contributed by atoms with Gasteiger partial charge in [0.15, 0.2) is 0 Å². The molecule has 70 valence electrons. The van der Waals surface area contributed by atoms with Gasteiger partial charge in [-0.3, -0.25) is 4.79 Å². The molecule has 0 N–H and O–H groups in total. The second-order valence-corrected chi connectivity index (χ2v) is 4.21. The Morgan fingerprint density at radius 1 is 1.42 bits per heavy atom. The second-order valence-electron chi connectivity index (χ2n) is 3.83. The van der Waals surface area contributed by atoms with E-state index in [9.17, 15) is 4.79 Å². The van der Waals surface area contributed by atoms with E-state index < -0.39 is 0 Å². The van der Waals surface area contributed by atoms with Gasteiger partial charge in [-0.25, -0.2) is 0 Å². The molecular weight excluding hydrogens is 172 g/mol. The molecule has 2 heteroatoms. The molecule has 0 aromatic carbocycles. The van der Waals surface area contributed by atoms with E-state index in [-0.39, 0.29) is 11.2 Å². The number of carbonyl (C=O) groups excluding carboxylic acids is 1. The molecule has 1 fully saturated rings. The van der Waals surface area contributed by atoms with Crippen LogP contribution in [0.1, 0.15) is 45.4 Å². The van der Waals surface area contributed by atoms with Crippen LogP contribution >= 0.6 is 11.6 Å². The SMILES string of the molecule is CCCCCC1CC(C(=O)Cl)C1. The molecule has 1 aliphatic rings. The lowest BCUT2D eigenvalue weighted by Crippen LogP contribution is -2.27. The third kappa shape index (κ3) is 2.78. The molecule has 0 unspecified atom stereocenters. The highest BCUT2D eigenvalue weighted by molar-refractivity contribution is 6.64. The third-order valence-electron chi connectivity index (χ3n) is 2.77. The van der Waals surface area contributed by atoms with E-state index in [4.69, 9.17) is 11.6 Å². The van der Waals surface area contributed by atoms with E-state index in [0.29, 0.717) is 0 Å². The number of hydrogen-bond acceptors (Lipinski definition) is 1. The first-order valence-corrected chi connectivity index (χ1v) is 5.31. The summed E-state index contributed by atoms with van der Waals surface area (Å²) < 4.78 is 0. The second kappa shape index (κ2) is 4.86. The predicted molar refractivity (Wildman–Crippen MR) is 51.2 cm³/mol. The monoisotopic (exact) mass is 188 g/mol. The van der Waals surface area contributed by atoms with Crippen LogP contribution in [-0.4, -0.2) is 5.24 Å². The van der Waals surface area contributed by atoms with Crippen molar-refractivity contribution in [3.63, 3.8) is 0 Å². The lowest BCUT2D eigenvalue weighted by Gasteiger charge is -2.32. The zero-order valence-corrected chi connectivity index (χ0v) is 8.44. The van der Waals surface area contributed by atoms with Gasteiger partial charge < -0.3 is 0 Å². The minimum absolute atomic E-state index is 0.123. The molecule has 0 atom stereocenters. The first-order chi connectivity index (χ1) is 5.74. The summed E-state index contributed by atoms with van der Waals surface area (Å²) in [5.41, 5.74) is 0. The highest BCUT2D eigenvalue weighted by Crippen LogP contribution is 2.38. The summed E-state index contributed by atoms with van der Waals surface area (Å²) in [6.07, 6.45) is 7.33. The number of rotatable bonds is 5. The van der Waals surface area contributed by atoms with Gasteiger partial charge in [-0.2, -0.15) is 0 Å². The molecule has 12 heavy (non-hydrogen) atoms. The van der Waals surface area contributed by atoms with Crippen LogP contribution in [0.4, 0.5) is 0 Å². The zero-order chi connectivity index (χ0) is 8.97. The normalized spacial score (nSPS) is 28.2. The highest BCUT2D eigenvalue weighted by atomic mass is 35.5. The van der Waals surface area contributed by atoms with Crippen molar-refractivity contribution < 1.29 is 4.79 Å². The van der Waals surface area contributed by atoms with Crippen LogP contribution in [0.2, 0.25) is 0 Å². The van der Waals surface area contributed by atoms with Gasteiger partial charge in [0, 0.05) is 5.92 Å². The number of hydrogen-bond donors (Lipinski definition) is 0. The van der Waals surface area contributed by atoms with E-state index in [0.717, 1.165) is 18.8 Å². The van der Waals surface area contributed by atoms with Gasteiger partial charge in [0.2, 0.25) is 5.24 Å². The van der Waals surface area contributed by atoms with E-state index in [1.165, 1.54) is 25.7 Å². The van der Waals surface area contributed by atoms with E-state index in [1.807, 2.05) is 0 Å². The minimum Gasteiger partial charge on any atom is -0.281 e. The summed E-state index contributed by atoms with van der Waals surface area (Å²) in [6.45, 7) is 2.21. The highest BCUT2D eigenvalue weighted by Gasteiger charge is 2.32. The molecule has 0 aliphatic heterocycles. The molecule has 0 saturated heterocycles. The van der Waals surface area contributed by atoms with Crippen LogP contribution in [0, 0.1) is 11.8 Å². The van der Waals surface area contributed by atoms with Crippen LogP contribution in [0.3, 0.4) is 0 Å². The van der Waals surface area contributed by atoms with Gasteiger partial charge in [0.05, 0.1) is 0 Å². The smallest absolute Gasteiger partial charge is 0.224 e. The van der Waals surface area contributed by atoms with Gasteiger partial charge in [-0.15, -0.1) is 0 Å². The van der Waals surface area contributed by atoms with Gasteiger partial charge in [-0.05, 0) is 30.4 Å². The van der Waals surface area contributed by atoms with Gasteiger partial charge >= 0.3 is 0 Å².